The van der Waals surface area contributed by atoms with E-state index in [0.29, 0.717) is 0 Å². The van der Waals surface area contributed by atoms with Gasteiger partial charge < -0.3 is 4.48 Å². The van der Waals surface area contributed by atoms with Crippen LogP contribution in [-0.2, 0) is 0 Å². The van der Waals surface area contributed by atoms with Crippen LogP contribution in [0.2, 0.25) is 0 Å². The zero-order valence-electron chi connectivity index (χ0n) is 9.06. The number of rotatable bonds is 4. The lowest BCUT2D eigenvalue weighted by atomic mass is 9.93. The van der Waals surface area contributed by atoms with Gasteiger partial charge >= 0.3 is 0 Å². The zero-order valence-corrected chi connectivity index (χ0v) is 9.82. The first-order valence-corrected chi connectivity index (χ1v) is 6.09. The highest BCUT2D eigenvalue weighted by Crippen LogP contribution is 2.25. The van der Waals surface area contributed by atoms with Crippen LogP contribution in [0.15, 0.2) is 0 Å². The van der Waals surface area contributed by atoms with Crippen LogP contribution >= 0.6 is 11.6 Å². The third kappa shape index (κ3) is 3.47. The summed E-state index contributed by atoms with van der Waals surface area (Å²) in [5, 5.41) is 0. The van der Waals surface area contributed by atoms with Gasteiger partial charge in [-0.25, -0.2) is 0 Å². The van der Waals surface area contributed by atoms with Crippen molar-refractivity contribution in [2.45, 2.75) is 44.6 Å². The summed E-state index contributed by atoms with van der Waals surface area (Å²) >= 11 is 5.74. The number of alkyl halides is 1. The summed E-state index contributed by atoms with van der Waals surface area (Å²) < 4.78 is 1.19. The van der Waals surface area contributed by atoms with Gasteiger partial charge in [-0.3, -0.25) is 0 Å². The van der Waals surface area contributed by atoms with Crippen LogP contribution in [0.25, 0.3) is 0 Å². The maximum absolute atomic E-state index is 5.74. The van der Waals surface area contributed by atoms with Gasteiger partial charge in [0.25, 0.3) is 0 Å². The molecule has 1 aliphatic carbocycles. The van der Waals surface area contributed by atoms with Gasteiger partial charge in [0.2, 0.25) is 0 Å². The summed E-state index contributed by atoms with van der Waals surface area (Å²) in [4.78, 5) is 0. The molecule has 0 aromatic rings. The highest BCUT2D eigenvalue weighted by atomic mass is 35.5. The second kappa shape index (κ2) is 5.21. The molecule has 0 atom stereocenters. The van der Waals surface area contributed by atoms with Crippen LogP contribution in [0.5, 0.6) is 0 Å². The van der Waals surface area contributed by atoms with E-state index in [1.54, 1.807) is 0 Å². The third-order valence-electron chi connectivity index (χ3n) is 3.43. The molecule has 0 aliphatic heterocycles. The molecule has 1 nitrogen and oxygen atoms in total. The van der Waals surface area contributed by atoms with E-state index in [1.807, 2.05) is 0 Å². The number of nitrogens with zero attached hydrogens (tertiary/aromatic N) is 1. The molecule has 1 rings (SSSR count). The van der Waals surface area contributed by atoms with E-state index in [-0.39, 0.29) is 0 Å². The molecule has 2 heteroatoms. The van der Waals surface area contributed by atoms with Crippen LogP contribution < -0.4 is 0 Å². The number of quaternary nitrogens is 1. The predicted octanol–water partition coefficient (Wildman–Crippen LogP) is 3.02. The normalized spacial score (nSPS) is 20.5. The first-order valence-electron chi connectivity index (χ1n) is 5.55. The van der Waals surface area contributed by atoms with E-state index in [2.05, 4.69) is 14.1 Å². The summed E-state index contributed by atoms with van der Waals surface area (Å²) in [7, 11) is 4.73. The van der Waals surface area contributed by atoms with Crippen molar-refractivity contribution in [3.63, 3.8) is 0 Å². The fraction of sp³-hybridized carbons (Fsp3) is 1.00. The maximum atomic E-state index is 5.74. The molecule has 0 bridgehead atoms. The Kier molecular flexibility index (Phi) is 4.54. The van der Waals surface area contributed by atoms with Crippen molar-refractivity contribution in [1.82, 2.24) is 0 Å². The SMILES string of the molecule is C[N+](C)(CCCCl)C1CCCCC1. The van der Waals surface area contributed by atoms with Crippen LogP contribution in [0.3, 0.4) is 0 Å². The second-order valence-corrected chi connectivity index (χ2v) is 5.21. The Morgan fingerprint density at radius 2 is 1.77 bits per heavy atom. The van der Waals surface area contributed by atoms with E-state index < -0.39 is 0 Å². The Morgan fingerprint density at radius 3 is 2.31 bits per heavy atom. The molecule has 0 N–H and O–H groups in total. The average Bonchev–Trinajstić information content (AvgIpc) is 2.16. The number of hydrogen-bond acceptors (Lipinski definition) is 0. The van der Waals surface area contributed by atoms with Crippen molar-refractivity contribution < 1.29 is 4.48 Å². The molecule has 0 aromatic carbocycles. The van der Waals surface area contributed by atoms with E-state index in [9.17, 15) is 0 Å². The van der Waals surface area contributed by atoms with Gasteiger partial charge in [-0.2, -0.15) is 0 Å². The molecule has 1 fully saturated rings. The molecule has 0 aromatic heterocycles. The minimum atomic E-state index is 0.814. The van der Waals surface area contributed by atoms with Crippen molar-refractivity contribution in [2.24, 2.45) is 0 Å². The highest BCUT2D eigenvalue weighted by molar-refractivity contribution is 6.17. The first kappa shape index (κ1) is 11.3. The molecule has 1 saturated carbocycles. The Hall–Kier alpha value is 0.250. The maximum Gasteiger partial charge on any atom is 0.0886 e. The summed E-state index contributed by atoms with van der Waals surface area (Å²) in [6, 6.07) is 0.900. The van der Waals surface area contributed by atoms with Crippen molar-refractivity contribution in [3.05, 3.63) is 0 Å². The van der Waals surface area contributed by atoms with Crippen molar-refractivity contribution in [1.29, 1.82) is 0 Å². The largest absolute Gasteiger partial charge is 0.326 e. The highest BCUT2D eigenvalue weighted by Gasteiger charge is 2.28. The third-order valence-corrected chi connectivity index (χ3v) is 3.70. The van der Waals surface area contributed by atoms with Gasteiger partial charge in [0.05, 0.1) is 26.7 Å². The molecule has 0 radical (unpaired) electrons. The standard InChI is InChI=1S/C11H23ClN/c1-13(2,10-6-9-12)11-7-4-3-5-8-11/h11H,3-10H2,1-2H3/q+1. The van der Waals surface area contributed by atoms with E-state index in [4.69, 9.17) is 11.6 Å². The van der Waals surface area contributed by atoms with E-state index in [0.717, 1.165) is 18.3 Å². The fourth-order valence-electron chi connectivity index (χ4n) is 2.43. The Morgan fingerprint density at radius 1 is 1.15 bits per heavy atom. The zero-order chi connectivity index (χ0) is 9.73. The van der Waals surface area contributed by atoms with E-state index >= 15 is 0 Å². The molecular weight excluding hydrogens is 182 g/mol. The average molecular weight is 205 g/mol. The van der Waals surface area contributed by atoms with Crippen LogP contribution in [0.1, 0.15) is 38.5 Å². The molecule has 0 amide bonds. The first-order chi connectivity index (χ1) is 6.17. The second-order valence-electron chi connectivity index (χ2n) is 4.84. The summed E-state index contributed by atoms with van der Waals surface area (Å²) in [5.74, 6) is 0.814. The van der Waals surface area contributed by atoms with Crippen LogP contribution in [-0.4, -0.2) is 37.0 Å². The topological polar surface area (TPSA) is 0 Å². The molecular formula is C11H23ClN+. The van der Waals surface area contributed by atoms with E-state index in [1.165, 1.54) is 43.1 Å². The number of halogens is 1. The fourth-order valence-corrected chi connectivity index (χ4v) is 2.55. The van der Waals surface area contributed by atoms with Gasteiger partial charge in [0.1, 0.15) is 0 Å². The molecule has 0 spiro atoms. The van der Waals surface area contributed by atoms with Crippen LogP contribution in [0, 0.1) is 0 Å². The monoisotopic (exact) mass is 204 g/mol. The minimum absolute atomic E-state index is 0.814. The Balaban J connectivity index is 2.36. The summed E-state index contributed by atoms with van der Waals surface area (Å²) in [6.07, 6.45) is 8.34. The molecule has 0 unspecified atom stereocenters. The van der Waals surface area contributed by atoms with Gasteiger partial charge in [0.15, 0.2) is 0 Å². The lowest BCUT2D eigenvalue weighted by molar-refractivity contribution is -0.916. The summed E-state index contributed by atoms with van der Waals surface area (Å²) in [5.41, 5.74) is 0. The van der Waals surface area contributed by atoms with Gasteiger partial charge in [-0.15, -0.1) is 11.6 Å². The minimum Gasteiger partial charge on any atom is -0.326 e. The lowest BCUT2D eigenvalue weighted by Crippen LogP contribution is -2.50. The van der Waals surface area contributed by atoms with Crippen molar-refractivity contribution >= 4 is 11.6 Å². The van der Waals surface area contributed by atoms with Gasteiger partial charge in [-0.1, -0.05) is 6.42 Å². The number of hydrogen-bond donors (Lipinski definition) is 0. The van der Waals surface area contributed by atoms with Gasteiger partial charge in [0, 0.05) is 12.3 Å². The van der Waals surface area contributed by atoms with Crippen LogP contribution in [0.4, 0.5) is 0 Å². The Labute approximate surface area is 87.7 Å². The smallest absolute Gasteiger partial charge is 0.0886 e. The predicted molar refractivity (Wildman–Crippen MR) is 59.2 cm³/mol. The molecule has 78 valence electrons. The van der Waals surface area contributed by atoms with Crippen molar-refractivity contribution in [3.8, 4) is 0 Å². The Bertz CT molecular complexity index is 139. The summed E-state index contributed by atoms with van der Waals surface area (Å²) in [6.45, 7) is 1.24. The molecule has 13 heavy (non-hydrogen) atoms. The lowest BCUT2D eigenvalue weighted by Gasteiger charge is -2.40. The van der Waals surface area contributed by atoms with Gasteiger partial charge in [-0.05, 0) is 25.7 Å². The molecule has 1 aliphatic rings. The quantitative estimate of drug-likeness (QED) is 0.488. The molecule has 0 heterocycles. The molecule has 0 saturated heterocycles. The van der Waals surface area contributed by atoms with Crippen molar-refractivity contribution in [2.75, 3.05) is 26.5 Å².